The summed E-state index contributed by atoms with van der Waals surface area (Å²) in [5.41, 5.74) is -2.15. The van der Waals surface area contributed by atoms with Gasteiger partial charge in [-0.3, -0.25) is 28.3 Å². The molecule has 0 saturated carbocycles. The molecule has 0 saturated heterocycles. The van der Waals surface area contributed by atoms with Crippen molar-refractivity contribution in [1.29, 1.82) is 0 Å². The molecule has 0 atom stereocenters. The van der Waals surface area contributed by atoms with Crippen molar-refractivity contribution in [3.05, 3.63) is 53.5 Å². The van der Waals surface area contributed by atoms with Crippen LogP contribution in [-0.2, 0) is 39.6 Å². The van der Waals surface area contributed by atoms with Crippen molar-refractivity contribution in [2.45, 2.75) is 66.7 Å². The van der Waals surface area contributed by atoms with Gasteiger partial charge in [-0.15, -0.1) is 0 Å². The SMILES string of the molecule is CCO[Si](CCn1c(=O)c2cc3c(=O)n(CC[Si](OCC)(OCC)OCC)c(=O)c3cc2c1=O)(OCC)OCC. The Kier molecular flexibility index (Phi) is 11.3. The molecule has 0 fully saturated rings. The molecule has 0 aliphatic rings. The first-order valence-corrected chi connectivity index (χ1v) is 17.8. The molecule has 0 unspecified atom stereocenters. The Labute approximate surface area is 234 Å². The minimum atomic E-state index is -3.11. The topological polar surface area (TPSA) is 134 Å². The van der Waals surface area contributed by atoms with Gasteiger partial charge in [0.25, 0.3) is 22.2 Å². The Morgan fingerprint density at radius 3 is 0.900 bits per heavy atom. The Morgan fingerprint density at radius 1 is 0.475 bits per heavy atom. The summed E-state index contributed by atoms with van der Waals surface area (Å²) in [6.45, 7) is 13.2. The predicted octanol–water partition coefficient (Wildman–Crippen LogP) is 2.01. The molecule has 1 aromatic carbocycles. The van der Waals surface area contributed by atoms with Crippen molar-refractivity contribution >= 4 is 39.2 Å². The summed E-state index contributed by atoms with van der Waals surface area (Å²) in [4.78, 5) is 53.1. The van der Waals surface area contributed by atoms with Crippen molar-refractivity contribution in [2.75, 3.05) is 39.6 Å². The molecule has 0 spiro atoms. The van der Waals surface area contributed by atoms with Gasteiger partial charge in [0.2, 0.25) is 0 Å². The van der Waals surface area contributed by atoms with Gasteiger partial charge in [-0.2, -0.15) is 0 Å². The molecular weight excluding hydrogens is 556 g/mol. The van der Waals surface area contributed by atoms with Crippen LogP contribution in [0.15, 0.2) is 31.3 Å². The van der Waals surface area contributed by atoms with E-state index in [4.69, 9.17) is 26.6 Å². The van der Waals surface area contributed by atoms with Crippen molar-refractivity contribution in [1.82, 2.24) is 9.13 Å². The molecule has 3 aromatic rings. The Bertz CT molecular complexity index is 1270. The zero-order valence-electron chi connectivity index (χ0n) is 24.2. The molecule has 40 heavy (non-hydrogen) atoms. The van der Waals surface area contributed by atoms with Gasteiger partial charge in [-0.25, -0.2) is 0 Å². The quantitative estimate of drug-likeness (QED) is 0.201. The Hall–Kier alpha value is -2.31. The molecule has 0 radical (unpaired) electrons. The van der Waals surface area contributed by atoms with E-state index in [1.54, 1.807) is 0 Å². The molecule has 0 amide bonds. The van der Waals surface area contributed by atoms with Crippen LogP contribution >= 0.6 is 0 Å². The number of rotatable bonds is 18. The summed E-state index contributed by atoms with van der Waals surface area (Å²) in [6.07, 6.45) is 0. The standard InChI is InChI=1S/C26H40N2O10Si2/c1-7-33-39(34-8-2,35-9-3)15-13-27-23(29)19-17-21-22(18-20(19)24(27)30)26(32)28(25(21)31)14-16-40(36-10-4,37-11-5)38-12-6/h17-18H,7-16H2,1-6H3. The number of nitrogens with zero attached hydrogens (tertiary/aromatic N) is 2. The molecule has 222 valence electrons. The maximum Gasteiger partial charge on any atom is 0.502 e. The van der Waals surface area contributed by atoms with Gasteiger partial charge in [-0.05, 0) is 53.7 Å². The van der Waals surface area contributed by atoms with E-state index in [0.717, 1.165) is 9.13 Å². The molecule has 0 N–H and O–H groups in total. The minimum absolute atomic E-state index is 0.0241. The zero-order valence-corrected chi connectivity index (χ0v) is 26.2. The second kappa shape index (κ2) is 14.0. The highest BCUT2D eigenvalue weighted by Gasteiger charge is 2.41. The van der Waals surface area contributed by atoms with Gasteiger partial charge in [0.1, 0.15) is 0 Å². The highest BCUT2D eigenvalue weighted by atomic mass is 28.4. The van der Waals surface area contributed by atoms with Gasteiger partial charge < -0.3 is 26.6 Å². The average Bonchev–Trinajstić information content (AvgIpc) is 3.29. The van der Waals surface area contributed by atoms with Gasteiger partial charge in [0.15, 0.2) is 0 Å². The molecule has 0 bridgehead atoms. The predicted molar refractivity (Wildman–Crippen MR) is 156 cm³/mol. The number of aromatic nitrogens is 2. The maximum absolute atomic E-state index is 13.3. The van der Waals surface area contributed by atoms with E-state index in [2.05, 4.69) is 0 Å². The zero-order chi connectivity index (χ0) is 29.5. The molecule has 0 aliphatic carbocycles. The summed E-state index contributed by atoms with van der Waals surface area (Å²) < 4.78 is 37.2. The lowest BCUT2D eigenvalue weighted by molar-refractivity contribution is 0.0693. The van der Waals surface area contributed by atoms with Crippen molar-refractivity contribution in [3.8, 4) is 0 Å². The van der Waals surface area contributed by atoms with Crippen LogP contribution in [0.4, 0.5) is 0 Å². The van der Waals surface area contributed by atoms with E-state index in [1.165, 1.54) is 12.1 Å². The largest absolute Gasteiger partial charge is 0.502 e. The number of benzene rings is 1. The third kappa shape index (κ3) is 6.44. The lowest BCUT2D eigenvalue weighted by Crippen LogP contribution is -2.47. The van der Waals surface area contributed by atoms with E-state index in [9.17, 15) is 19.2 Å². The first kappa shape index (κ1) is 32.2. The first-order chi connectivity index (χ1) is 19.2. The van der Waals surface area contributed by atoms with Crippen LogP contribution in [0, 0.1) is 0 Å². The van der Waals surface area contributed by atoms with Crippen molar-refractivity contribution in [3.63, 3.8) is 0 Å². The van der Waals surface area contributed by atoms with Gasteiger partial charge >= 0.3 is 17.6 Å². The average molecular weight is 597 g/mol. The van der Waals surface area contributed by atoms with Crippen molar-refractivity contribution in [2.24, 2.45) is 0 Å². The normalized spacial score (nSPS) is 12.8. The lowest BCUT2D eigenvalue weighted by Gasteiger charge is -2.28. The highest BCUT2D eigenvalue weighted by molar-refractivity contribution is 6.61. The van der Waals surface area contributed by atoms with E-state index in [-0.39, 0.29) is 46.7 Å². The number of hydrogen-bond acceptors (Lipinski definition) is 10. The van der Waals surface area contributed by atoms with Crippen molar-refractivity contribution < 1.29 is 26.6 Å². The Balaban J connectivity index is 2.01. The fraction of sp³-hybridized carbons (Fsp3) is 0.615. The summed E-state index contributed by atoms with van der Waals surface area (Å²) >= 11 is 0. The van der Waals surface area contributed by atoms with Crippen LogP contribution in [0.2, 0.25) is 12.1 Å². The summed E-state index contributed by atoms with van der Waals surface area (Å²) in [6, 6.07) is 3.15. The van der Waals surface area contributed by atoms with Crippen LogP contribution in [0.3, 0.4) is 0 Å². The maximum atomic E-state index is 13.3. The van der Waals surface area contributed by atoms with Gasteiger partial charge in [-0.1, -0.05) is 0 Å². The molecule has 2 heterocycles. The lowest BCUT2D eigenvalue weighted by atomic mass is 10.1. The van der Waals surface area contributed by atoms with Crippen LogP contribution in [0.1, 0.15) is 41.5 Å². The van der Waals surface area contributed by atoms with E-state index in [0.29, 0.717) is 39.6 Å². The van der Waals surface area contributed by atoms with Crippen LogP contribution in [0.5, 0.6) is 0 Å². The molecule has 2 aromatic heterocycles. The number of hydrogen-bond donors (Lipinski definition) is 0. The van der Waals surface area contributed by atoms with Crippen LogP contribution in [0.25, 0.3) is 21.5 Å². The van der Waals surface area contributed by atoms with E-state index >= 15 is 0 Å². The van der Waals surface area contributed by atoms with Gasteiger partial charge in [0, 0.05) is 64.8 Å². The van der Waals surface area contributed by atoms with E-state index in [1.807, 2.05) is 41.5 Å². The summed E-state index contributed by atoms with van der Waals surface area (Å²) in [5, 5.41) is 0.352. The smallest absolute Gasteiger partial charge is 0.374 e. The molecule has 14 heteroatoms. The minimum Gasteiger partial charge on any atom is -0.374 e. The highest BCUT2D eigenvalue weighted by Crippen LogP contribution is 2.20. The fourth-order valence-electron chi connectivity index (χ4n) is 4.98. The Morgan fingerprint density at radius 2 is 0.700 bits per heavy atom. The molecule has 0 aliphatic heterocycles. The van der Waals surface area contributed by atoms with Crippen LogP contribution in [-0.4, -0.2) is 66.4 Å². The molecule has 12 nitrogen and oxygen atoms in total. The van der Waals surface area contributed by atoms with E-state index < -0.39 is 39.8 Å². The second-order valence-electron chi connectivity index (χ2n) is 8.93. The fourth-order valence-corrected chi connectivity index (χ4v) is 9.98. The van der Waals surface area contributed by atoms with Gasteiger partial charge in [0.05, 0.1) is 21.5 Å². The number of fused-ring (bicyclic) bond motifs is 2. The summed E-state index contributed by atoms with van der Waals surface area (Å²) in [5.74, 6) is 0. The third-order valence-electron chi connectivity index (χ3n) is 6.53. The molecular formula is C26H40N2O10Si2. The summed E-state index contributed by atoms with van der Waals surface area (Å²) in [7, 11) is -6.21. The second-order valence-corrected chi connectivity index (χ2v) is 14.4. The van der Waals surface area contributed by atoms with Crippen LogP contribution < -0.4 is 22.2 Å². The molecule has 3 rings (SSSR count). The third-order valence-corrected chi connectivity index (χ3v) is 12.6. The monoisotopic (exact) mass is 596 g/mol. The first-order valence-electron chi connectivity index (χ1n) is 13.9.